The molecule has 0 saturated heterocycles. The van der Waals surface area contributed by atoms with Crippen molar-refractivity contribution in [1.29, 1.82) is 0 Å². The number of ether oxygens (including phenoxy) is 1. The van der Waals surface area contributed by atoms with Crippen LogP contribution in [0.25, 0.3) is 0 Å². The van der Waals surface area contributed by atoms with E-state index < -0.39 is 18.0 Å². The van der Waals surface area contributed by atoms with E-state index in [1.807, 2.05) is 0 Å². The van der Waals surface area contributed by atoms with Gasteiger partial charge in [-0.3, -0.25) is 4.98 Å². The van der Waals surface area contributed by atoms with Crippen molar-refractivity contribution in [3.63, 3.8) is 0 Å². The standard InChI is InChI=1S/C9H7Cl2F2NO2/c1-16-9(15)6-4(11)3-14-5(2-10)7(6)8(12)13/h3,8H,2H2,1H3. The summed E-state index contributed by atoms with van der Waals surface area (Å²) in [5, 5.41) is -0.184. The van der Waals surface area contributed by atoms with Gasteiger partial charge in [-0.2, -0.15) is 0 Å². The number of hydrogen-bond donors (Lipinski definition) is 0. The van der Waals surface area contributed by atoms with Gasteiger partial charge in [0.25, 0.3) is 6.43 Å². The fourth-order valence-electron chi connectivity index (χ4n) is 1.19. The Morgan fingerprint density at radius 2 is 2.25 bits per heavy atom. The monoisotopic (exact) mass is 269 g/mol. The van der Waals surface area contributed by atoms with E-state index in [2.05, 4.69) is 9.72 Å². The summed E-state index contributed by atoms with van der Waals surface area (Å²) in [4.78, 5) is 15.0. The summed E-state index contributed by atoms with van der Waals surface area (Å²) in [7, 11) is 1.08. The number of pyridine rings is 1. The zero-order chi connectivity index (χ0) is 12.3. The zero-order valence-electron chi connectivity index (χ0n) is 8.14. The largest absolute Gasteiger partial charge is 0.465 e. The van der Waals surface area contributed by atoms with Gasteiger partial charge in [0.05, 0.1) is 34.8 Å². The molecule has 0 bridgehead atoms. The van der Waals surface area contributed by atoms with Gasteiger partial charge in [0.2, 0.25) is 0 Å². The van der Waals surface area contributed by atoms with Gasteiger partial charge >= 0.3 is 5.97 Å². The average molecular weight is 270 g/mol. The SMILES string of the molecule is COC(=O)c1c(Cl)cnc(CCl)c1C(F)F. The van der Waals surface area contributed by atoms with E-state index in [0.717, 1.165) is 13.3 Å². The van der Waals surface area contributed by atoms with Crippen molar-refractivity contribution in [2.75, 3.05) is 7.11 Å². The molecule has 1 aromatic rings. The molecule has 3 nitrogen and oxygen atoms in total. The first-order valence-corrected chi connectivity index (χ1v) is 5.03. The molecule has 0 aliphatic heterocycles. The predicted octanol–water partition coefficient (Wildman–Crippen LogP) is 3.20. The fourth-order valence-corrected chi connectivity index (χ4v) is 1.63. The summed E-state index contributed by atoms with van der Waals surface area (Å²) in [5.74, 6) is -1.17. The van der Waals surface area contributed by atoms with Crippen LogP contribution in [0.5, 0.6) is 0 Å². The van der Waals surface area contributed by atoms with E-state index in [-0.39, 0.29) is 22.2 Å². The van der Waals surface area contributed by atoms with Crippen molar-refractivity contribution in [2.24, 2.45) is 0 Å². The minimum absolute atomic E-state index is 0.0820. The molecule has 88 valence electrons. The molecule has 0 spiro atoms. The van der Waals surface area contributed by atoms with Crippen molar-refractivity contribution < 1.29 is 18.3 Å². The molecule has 0 saturated carbocycles. The van der Waals surface area contributed by atoms with Crippen LogP contribution in [-0.4, -0.2) is 18.1 Å². The van der Waals surface area contributed by atoms with Crippen LogP contribution in [0.2, 0.25) is 5.02 Å². The summed E-state index contributed by atoms with van der Waals surface area (Å²) in [6.07, 6.45) is -1.80. The molecule has 0 amide bonds. The lowest BCUT2D eigenvalue weighted by atomic mass is 10.1. The zero-order valence-corrected chi connectivity index (χ0v) is 9.65. The van der Waals surface area contributed by atoms with Crippen LogP contribution in [0.3, 0.4) is 0 Å². The second-order valence-electron chi connectivity index (χ2n) is 2.77. The Morgan fingerprint density at radius 3 is 2.69 bits per heavy atom. The molecule has 16 heavy (non-hydrogen) atoms. The van der Waals surface area contributed by atoms with Gasteiger partial charge in [-0.1, -0.05) is 11.6 Å². The van der Waals surface area contributed by atoms with Crippen LogP contribution >= 0.6 is 23.2 Å². The number of methoxy groups -OCH3 is 1. The molecule has 0 unspecified atom stereocenters. The number of hydrogen-bond acceptors (Lipinski definition) is 3. The molecule has 0 fully saturated rings. The first kappa shape index (κ1) is 13.1. The molecule has 0 aliphatic carbocycles. The topological polar surface area (TPSA) is 39.2 Å². The maximum atomic E-state index is 12.8. The third-order valence-corrected chi connectivity index (χ3v) is 2.43. The lowest BCUT2D eigenvalue weighted by Crippen LogP contribution is -2.11. The maximum absolute atomic E-state index is 12.8. The predicted molar refractivity (Wildman–Crippen MR) is 55.1 cm³/mol. The van der Waals surface area contributed by atoms with Crippen LogP contribution in [-0.2, 0) is 10.6 Å². The summed E-state index contributed by atoms with van der Waals surface area (Å²) in [6.45, 7) is 0. The van der Waals surface area contributed by atoms with Crippen LogP contribution in [0, 0.1) is 0 Å². The van der Waals surface area contributed by atoms with Crippen molar-refractivity contribution in [3.05, 3.63) is 28.0 Å². The Balaban J connectivity index is 3.48. The van der Waals surface area contributed by atoms with Gasteiger partial charge < -0.3 is 4.74 Å². The Bertz CT molecular complexity index is 413. The molecule has 0 atom stereocenters. The quantitative estimate of drug-likeness (QED) is 0.625. The van der Waals surface area contributed by atoms with Crippen LogP contribution in [0.15, 0.2) is 6.20 Å². The molecule has 1 heterocycles. The molecule has 1 aromatic heterocycles. The number of halogens is 4. The molecule has 0 aliphatic rings. The number of nitrogens with zero attached hydrogens (tertiary/aromatic N) is 1. The molecule has 0 radical (unpaired) electrons. The maximum Gasteiger partial charge on any atom is 0.339 e. The Morgan fingerprint density at radius 1 is 1.62 bits per heavy atom. The Kier molecular flexibility index (Phi) is 4.44. The van der Waals surface area contributed by atoms with E-state index >= 15 is 0 Å². The Hall–Kier alpha value is -0.940. The molecule has 0 N–H and O–H groups in total. The highest BCUT2D eigenvalue weighted by Gasteiger charge is 2.26. The third-order valence-electron chi connectivity index (χ3n) is 1.89. The number of esters is 1. The van der Waals surface area contributed by atoms with Crippen molar-refractivity contribution in [1.82, 2.24) is 4.98 Å². The normalized spacial score (nSPS) is 10.6. The van der Waals surface area contributed by atoms with E-state index in [1.54, 1.807) is 0 Å². The van der Waals surface area contributed by atoms with Crippen LogP contribution in [0.4, 0.5) is 8.78 Å². The fraction of sp³-hybridized carbons (Fsp3) is 0.333. The van der Waals surface area contributed by atoms with Crippen molar-refractivity contribution in [2.45, 2.75) is 12.3 Å². The average Bonchev–Trinajstić information content (AvgIpc) is 2.27. The molecule has 0 aromatic carbocycles. The lowest BCUT2D eigenvalue weighted by Gasteiger charge is -2.11. The van der Waals surface area contributed by atoms with E-state index in [0.29, 0.717) is 0 Å². The highest BCUT2D eigenvalue weighted by atomic mass is 35.5. The highest BCUT2D eigenvalue weighted by Crippen LogP contribution is 2.31. The second-order valence-corrected chi connectivity index (χ2v) is 3.44. The van der Waals surface area contributed by atoms with E-state index in [4.69, 9.17) is 23.2 Å². The molecular formula is C9H7Cl2F2NO2. The van der Waals surface area contributed by atoms with Gasteiger partial charge in [-0.15, -0.1) is 11.6 Å². The molecule has 1 rings (SSSR count). The molecular weight excluding hydrogens is 263 g/mol. The van der Waals surface area contributed by atoms with Crippen molar-refractivity contribution in [3.8, 4) is 0 Å². The first-order chi connectivity index (χ1) is 7.52. The van der Waals surface area contributed by atoms with Gasteiger partial charge in [0.1, 0.15) is 0 Å². The van der Waals surface area contributed by atoms with Gasteiger partial charge in [0.15, 0.2) is 0 Å². The number of carbonyl (C=O) groups is 1. The van der Waals surface area contributed by atoms with E-state index in [1.165, 1.54) is 0 Å². The minimum Gasteiger partial charge on any atom is -0.465 e. The number of alkyl halides is 3. The number of rotatable bonds is 3. The summed E-state index contributed by atoms with van der Waals surface area (Å²) in [6, 6.07) is 0. The first-order valence-electron chi connectivity index (χ1n) is 4.12. The second kappa shape index (κ2) is 5.41. The summed E-state index contributed by atoms with van der Waals surface area (Å²) < 4.78 is 30.0. The van der Waals surface area contributed by atoms with Crippen molar-refractivity contribution >= 4 is 29.2 Å². The Labute approximate surface area is 100 Å². The summed E-state index contributed by atoms with van der Waals surface area (Å²) >= 11 is 11.1. The van der Waals surface area contributed by atoms with Crippen LogP contribution < -0.4 is 0 Å². The smallest absolute Gasteiger partial charge is 0.339 e. The summed E-state index contributed by atoms with van der Waals surface area (Å²) in [5.41, 5.74) is -1.04. The number of aromatic nitrogens is 1. The van der Waals surface area contributed by atoms with Gasteiger partial charge in [-0.25, -0.2) is 13.6 Å². The lowest BCUT2D eigenvalue weighted by molar-refractivity contribution is 0.0588. The van der Waals surface area contributed by atoms with E-state index in [9.17, 15) is 13.6 Å². The van der Waals surface area contributed by atoms with Gasteiger partial charge in [-0.05, 0) is 0 Å². The molecule has 7 heteroatoms. The third kappa shape index (κ3) is 2.41. The minimum atomic E-state index is -2.89. The van der Waals surface area contributed by atoms with Gasteiger partial charge in [0, 0.05) is 6.20 Å². The van der Waals surface area contributed by atoms with Crippen LogP contribution in [0.1, 0.15) is 28.0 Å². The highest BCUT2D eigenvalue weighted by molar-refractivity contribution is 6.33. The number of carbonyl (C=O) groups excluding carboxylic acids is 1.